The van der Waals surface area contributed by atoms with Gasteiger partial charge < -0.3 is 4.90 Å². The van der Waals surface area contributed by atoms with E-state index < -0.39 is 17.5 Å². The molecule has 0 bridgehead atoms. The molecule has 1 fully saturated rings. The molecule has 1 amide bonds. The van der Waals surface area contributed by atoms with Crippen LogP contribution in [0.25, 0.3) is 0 Å². The molecule has 0 spiro atoms. The summed E-state index contributed by atoms with van der Waals surface area (Å²) in [5.74, 6) is -1.87. The minimum atomic E-state index is -1.05. The predicted octanol–water partition coefficient (Wildman–Crippen LogP) is 3.86. The Kier molecular flexibility index (Phi) is 4.11. The highest BCUT2D eigenvalue weighted by atomic mass is 19.2. The van der Waals surface area contributed by atoms with E-state index in [-0.39, 0.29) is 11.0 Å². The molecule has 0 aromatic heterocycles. The van der Waals surface area contributed by atoms with Gasteiger partial charge in [0.2, 0.25) is 0 Å². The van der Waals surface area contributed by atoms with Crippen molar-refractivity contribution in [3.05, 3.63) is 35.4 Å². The number of carbonyl (C=O) groups is 1. The molecular formula is C16H21F2NO. The van der Waals surface area contributed by atoms with Crippen LogP contribution >= 0.6 is 0 Å². The first-order chi connectivity index (χ1) is 9.30. The number of hydrogen-bond donors (Lipinski definition) is 0. The molecule has 1 saturated heterocycles. The van der Waals surface area contributed by atoms with Gasteiger partial charge >= 0.3 is 0 Å². The lowest BCUT2D eigenvalue weighted by Crippen LogP contribution is -2.41. The van der Waals surface area contributed by atoms with Crippen LogP contribution in [-0.4, -0.2) is 23.9 Å². The normalized spacial score (nSPS) is 17.4. The lowest BCUT2D eigenvalue weighted by molar-refractivity contribution is 0.0603. The summed E-state index contributed by atoms with van der Waals surface area (Å²) in [7, 11) is 0. The van der Waals surface area contributed by atoms with E-state index in [1.807, 2.05) is 0 Å². The van der Waals surface area contributed by atoms with Gasteiger partial charge in [-0.05, 0) is 36.3 Å². The lowest BCUT2D eigenvalue weighted by atomic mass is 9.75. The van der Waals surface area contributed by atoms with Crippen LogP contribution in [0.3, 0.4) is 0 Å². The van der Waals surface area contributed by atoms with E-state index in [1.165, 1.54) is 12.1 Å². The van der Waals surface area contributed by atoms with Crippen LogP contribution in [0.1, 0.15) is 44.0 Å². The summed E-state index contributed by atoms with van der Waals surface area (Å²) in [6, 6.07) is 3.74. The monoisotopic (exact) mass is 281 g/mol. The number of benzene rings is 1. The van der Waals surface area contributed by atoms with Crippen molar-refractivity contribution >= 4 is 5.91 Å². The average molecular weight is 281 g/mol. The summed E-state index contributed by atoms with van der Waals surface area (Å²) in [6.07, 6.45) is 1.82. The average Bonchev–Trinajstić information content (AvgIpc) is 2.40. The first-order valence-corrected chi connectivity index (χ1v) is 7.04. The lowest BCUT2D eigenvalue weighted by Gasteiger charge is -2.38. The van der Waals surface area contributed by atoms with Gasteiger partial charge in [0.05, 0.1) is 5.56 Å². The van der Waals surface area contributed by atoms with Gasteiger partial charge in [0, 0.05) is 13.1 Å². The fourth-order valence-corrected chi connectivity index (χ4v) is 2.79. The van der Waals surface area contributed by atoms with Crippen molar-refractivity contribution in [3.63, 3.8) is 0 Å². The zero-order valence-corrected chi connectivity index (χ0v) is 12.2. The number of hydrogen-bond acceptors (Lipinski definition) is 1. The van der Waals surface area contributed by atoms with E-state index in [2.05, 4.69) is 20.8 Å². The number of rotatable bonds is 1. The number of nitrogens with zero attached hydrogens (tertiary/aromatic N) is 1. The maximum absolute atomic E-state index is 13.7. The van der Waals surface area contributed by atoms with Crippen molar-refractivity contribution in [2.75, 3.05) is 13.1 Å². The topological polar surface area (TPSA) is 20.3 Å². The van der Waals surface area contributed by atoms with Crippen molar-refractivity contribution < 1.29 is 13.6 Å². The SMILES string of the molecule is CC(C)(C)C1CCN(C(=O)c2cccc(F)c2F)CC1. The molecule has 0 atom stereocenters. The molecule has 2 nitrogen and oxygen atoms in total. The van der Waals surface area contributed by atoms with Crippen LogP contribution in [0.4, 0.5) is 8.78 Å². The zero-order valence-electron chi connectivity index (χ0n) is 12.2. The van der Waals surface area contributed by atoms with Crippen molar-refractivity contribution in [1.82, 2.24) is 4.90 Å². The Balaban J connectivity index is 2.07. The molecule has 20 heavy (non-hydrogen) atoms. The Bertz CT molecular complexity index is 500. The largest absolute Gasteiger partial charge is 0.339 e. The van der Waals surface area contributed by atoms with E-state index in [9.17, 15) is 13.6 Å². The molecule has 1 aliphatic rings. The highest BCUT2D eigenvalue weighted by Crippen LogP contribution is 2.34. The van der Waals surface area contributed by atoms with Crippen LogP contribution in [0.2, 0.25) is 0 Å². The van der Waals surface area contributed by atoms with Gasteiger partial charge in [-0.25, -0.2) is 8.78 Å². The minimum Gasteiger partial charge on any atom is -0.339 e. The van der Waals surface area contributed by atoms with Gasteiger partial charge in [-0.1, -0.05) is 26.8 Å². The quantitative estimate of drug-likeness (QED) is 0.765. The molecule has 1 aromatic rings. The molecule has 1 heterocycles. The molecule has 0 N–H and O–H groups in total. The number of likely N-dealkylation sites (tertiary alicyclic amines) is 1. The van der Waals surface area contributed by atoms with E-state index in [4.69, 9.17) is 0 Å². The second-order valence-corrected chi connectivity index (χ2v) is 6.53. The third-order valence-electron chi connectivity index (χ3n) is 4.19. The molecule has 110 valence electrons. The molecule has 0 radical (unpaired) electrons. The summed E-state index contributed by atoms with van der Waals surface area (Å²) in [5, 5.41) is 0. The van der Waals surface area contributed by atoms with Gasteiger partial charge in [-0.15, -0.1) is 0 Å². The maximum atomic E-state index is 13.7. The third kappa shape index (κ3) is 3.00. The van der Waals surface area contributed by atoms with Crippen LogP contribution in [0, 0.1) is 23.0 Å². The first kappa shape index (κ1) is 14.9. The molecule has 2 rings (SSSR count). The Morgan fingerprint density at radius 3 is 2.35 bits per heavy atom. The van der Waals surface area contributed by atoms with Gasteiger partial charge in [-0.2, -0.15) is 0 Å². The fourth-order valence-electron chi connectivity index (χ4n) is 2.79. The molecule has 1 aliphatic heterocycles. The van der Waals surface area contributed by atoms with E-state index in [0.29, 0.717) is 19.0 Å². The Morgan fingerprint density at radius 2 is 1.80 bits per heavy atom. The highest BCUT2D eigenvalue weighted by Gasteiger charge is 2.31. The first-order valence-electron chi connectivity index (χ1n) is 7.04. The van der Waals surface area contributed by atoms with Crippen molar-refractivity contribution in [1.29, 1.82) is 0 Å². The predicted molar refractivity (Wildman–Crippen MR) is 74.4 cm³/mol. The van der Waals surface area contributed by atoms with Crippen molar-refractivity contribution in [3.8, 4) is 0 Å². The third-order valence-corrected chi connectivity index (χ3v) is 4.19. The van der Waals surface area contributed by atoms with Gasteiger partial charge in [0.1, 0.15) is 0 Å². The van der Waals surface area contributed by atoms with E-state index in [0.717, 1.165) is 18.9 Å². The number of carbonyl (C=O) groups excluding carboxylic acids is 1. The van der Waals surface area contributed by atoms with Crippen molar-refractivity contribution in [2.45, 2.75) is 33.6 Å². The molecule has 0 aliphatic carbocycles. The van der Waals surface area contributed by atoms with Crippen molar-refractivity contribution in [2.24, 2.45) is 11.3 Å². The summed E-state index contributed by atoms with van der Waals surface area (Å²) in [5.41, 5.74) is 0.0541. The second kappa shape index (κ2) is 5.51. The fraction of sp³-hybridized carbons (Fsp3) is 0.562. The second-order valence-electron chi connectivity index (χ2n) is 6.53. The highest BCUT2D eigenvalue weighted by molar-refractivity contribution is 5.94. The van der Waals surface area contributed by atoms with Gasteiger partial charge in [-0.3, -0.25) is 4.79 Å². The minimum absolute atomic E-state index is 0.167. The van der Waals surface area contributed by atoms with Gasteiger partial charge in [0.15, 0.2) is 11.6 Å². The zero-order chi connectivity index (χ0) is 14.9. The summed E-state index contributed by atoms with van der Waals surface area (Å²) in [4.78, 5) is 13.9. The van der Waals surface area contributed by atoms with Crippen LogP contribution < -0.4 is 0 Å². The number of amides is 1. The molecular weight excluding hydrogens is 260 g/mol. The summed E-state index contributed by atoms with van der Waals surface area (Å²) < 4.78 is 26.8. The Morgan fingerprint density at radius 1 is 1.20 bits per heavy atom. The van der Waals surface area contributed by atoms with Gasteiger partial charge in [0.25, 0.3) is 5.91 Å². The molecule has 1 aromatic carbocycles. The van der Waals surface area contributed by atoms with Crippen LogP contribution in [0.5, 0.6) is 0 Å². The maximum Gasteiger partial charge on any atom is 0.256 e. The summed E-state index contributed by atoms with van der Waals surface area (Å²) >= 11 is 0. The molecule has 0 saturated carbocycles. The Labute approximate surface area is 118 Å². The molecule has 0 unspecified atom stereocenters. The number of piperidine rings is 1. The Hall–Kier alpha value is -1.45. The standard InChI is InChI=1S/C16H21F2NO/c1-16(2,3)11-7-9-19(10-8-11)15(20)12-5-4-6-13(17)14(12)18/h4-6,11H,7-10H2,1-3H3. The van der Waals surface area contributed by atoms with E-state index in [1.54, 1.807) is 4.90 Å². The number of halogens is 2. The smallest absolute Gasteiger partial charge is 0.256 e. The van der Waals surface area contributed by atoms with Crippen LogP contribution in [-0.2, 0) is 0 Å². The van der Waals surface area contributed by atoms with Crippen LogP contribution in [0.15, 0.2) is 18.2 Å². The van der Waals surface area contributed by atoms with E-state index >= 15 is 0 Å². The summed E-state index contributed by atoms with van der Waals surface area (Å²) in [6.45, 7) is 7.80. The molecule has 4 heteroatoms.